The van der Waals surface area contributed by atoms with Crippen LogP contribution in [-0.2, 0) is 11.3 Å². The zero-order valence-corrected chi connectivity index (χ0v) is 13.5. The Morgan fingerprint density at radius 1 is 1.25 bits per heavy atom. The van der Waals surface area contributed by atoms with Crippen molar-refractivity contribution in [2.75, 3.05) is 7.11 Å². The first-order chi connectivity index (χ1) is 11.6. The van der Waals surface area contributed by atoms with E-state index in [1.165, 1.54) is 13.2 Å². The van der Waals surface area contributed by atoms with Crippen LogP contribution >= 0.6 is 11.6 Å². The number of para-hydroxylation sites is 1. The third-order valence-corrected chi connectivity index (χ3v) is 3.62. The fourth-order valence-corrected chi connectivity index (χ4v) is 2.43. The predicted octanol–water partition coefficient (Wildman–Crippen LogP) is 2.94. The van der Waals surface area contributed by atoms with Crippen molar-refractivity contribution in [1.82, 2.24) is 9.97 Å². The van der Waals surface area contributed by atoms with E-state index in [0.717, 1.165) is 0 Å². The zero-order chi connectivity index (χ0) is 17.1. The van der Waals surface area contributed by atoms with Crippen LogP contribution in [0.25, 0.3) is 10.9 Å². The van der Waals surface area contributed by atoms with E-state index < -0.39 is 5.97 Å². The maximum absolute atomic E-state index is 12.2. The Hall–Kier alpha value is -2.86. The third-order valence-electron chi connectivity index (χ3n) is 3.38. The van der Waals surface area contributed by atoms with Crippen LogP contribution in [0.5, 0.6) is 5.75 Å². The molecule has 2 aromatic carbocycles. The van der Waals surface area contributed by atoms with Crippen LogP contribution in [0, 0.1) is 0 Å². The molecule has 0 atom stereocenters. The molecule has 7 heteroatoms. The van der Waals surface area contributed by atoms with Gasteiger partial charge in [0.25, 0.3) is 5.56 Å². The molecule has 0 saturated heterocycles. The van der Waals surface area contributed by atoms with Gasteiger partial charge in [0, 0.05) is 5.02 Å². The number of esters is 1. The normalized spacial score (nSPS) is 10.6. The van der Waals surface area contributed by atoms with Crippen molar-refractivity contribution >= 4 is 28.5 Å². The number of benzene rings is 2. The fraction of sp³-hybridized carbons (Fsp3) is 0.118. The molecule has 6 nitrogen and oxygen atoms in total. The number of rotatable bonds is 4. The molecule has 0 aliphatic carbocycles. The van der Waals surface area contributed by atoms with Crippen LogP contribution in [0.3, 0.4) is 0 Å². The van der Waals surface area contributed by atoms with Crippen molar-refractivity contribution < 1.29 is 14.3 Å². The van der Waals surface area contributed by atoms with Gasteiger partial charge in [-0.2, -0.15) is 0 Å². The minimum atomic E-state index is -0.620. The van der Waals surface area contributed by atoms with Crippen molar-refractivity contribution in [3.8, 4) is 5.75 Å². The molecule has 0 bridgehead atoms. The van der Waals surface area contributed by atoms with Crippen LogP contribution in [-0.4, -0.2) is 23.0 Å². The minimum Gasteiger partial charge on any atom is -0.496 e. The molecule has 0 unspecified atom stereocenters. The standard InChI is InChI=1S/C17H13ClN2O4/c1-23-14-7-6-10(18)8-12(14)17(22)24-9-15-19-13-5-3-2-4-11(13)16(21)20-15/h2-8H,9H2,1H3,(H,19,20,21). The highest BCUT2D eigenvalue weighted by Crippen LogP contribution is 2.23. The van der Waals surface area contributed by atoms with Gasteiger partial charge in [-0.25, -0.2) is 9.78 Å². The summed E-state index contributed by atoms with van der Waals surface area (Å²) in [4.78, 5) is 31.1. The third kappa shape index (κ3) is 3.23. The van der Waals surface area contributed by atoms with E-state index in [4.69, 9.17) is 21.1 Å². The Labute approximate surface area is 142 Å². The smallest absolute Gasteiger partial charge is 0.342 e. The Balaban J connectivity index is 1.82. The van der Waals surface area contributed by atoms with E-state index in [9.17, 15) is 9.59 Å². The second-order valence-electron chi connectivity index (χ2n) is 4.95. The number of aromatic nitrogens is 2. The molecule has 122 valence electrons. The number of aromatic amines is 1. The van der Waals surface area contributed by atoms with Crippen LogP contribution in [0.4, 0.5) is 0 Å². The van der Waals surface area contributed by atoms with E-state index in [1.807, 2.05) is 0 Å². The molecule has 0 radical (unpaired) electrons. The highest BCUT2D eigenvalue weighted by atomic mass is 35.5. The lowest BCUT2D eigenvalue weighted by atomic mass is 10.2. The van der Waals surface area contributed by atoms with Gasteiger partial charge < -0.3 is 14.5 Å². The summed E-state index contributed by atoms with van der Waals surface area (Å²) >= 11 is 5.90. The SMILES string of the molecule is COc1ccc(Cl)cc1C(=O)OCc1nc2ccccc2c(=O)[nH]1. The maximum atomic E-state index is 12.2. The summed E-state index contributed by atoms with van der Waals surface area (Å²) < 4.78 is 10.3. The van der Waals surface area contributed by atoms with Gasteiger partial charge in [-0.15, -0.1) is 0 Å². The molecule has 3 rings (SSSR count). The average Bonchev–Trinajstić information content (AvgIpc) is 2.59. The summed E-state index contributed by atoms with van der Waals surface area (Å²) in [5.41, 5.74) is 0.452. The predicted molar refractivity (Wildman–Crippen MR) is 89.5 cm³/mol. The number of methoxy groups -OCH3 is 1. The van der Waals surface area contributed by atoms with Gasteiger partial charge in [-0.1, -0.05) is 23.7 Å². The highest BCUT2D eigenvalue weighted by molar-refractivity contribution is 6.31. The summed E-state index contributed by atoms with van der Waals surface area (Å²) in [5, 5.41) is 0.865. The van der Waals surface area contributed by atoms with Gasteiger partial charge in [0.1, 0.15) is 23.7 Å². The Morgan fingerprint density at radius 3 is 2.83 bits per heavy atom. The first-order valence-electron chi connectivity index (χ1n) is 7.07. The molecule has 0 fully saturated rings. The molecule has 0 spiro atoms. The molecule has 0 saturated carbocycles. The number of hydrogen-bond donors (Lipinski definition) is 1. The number of hydrogen-bond acceptors (Lipinski definition) is 5. The first-order valence-corrected chi connectivity index (χ1v) is 7.45. The van der Waals surface area contributed by atoms with Gasteiger partial charge in [-0.05, 0) is 30.3 Å². The van der Waals surface area contributed by atoms with Gasteiger partial charge in [0.05, 0.1) is 18.0 Å². The molecule has 1 aromatic heterocycles. The quantitative estimate of drug-likeness (QED) is 0.736. The van der Waals surface area contributed by atoms with E-state index in [0.29, 0.717) is 21.7 Å². The zero-order valence-electron chi connectivity index (χ0n) is 12.7. The summed E-state index contributed by atoms with van der Waals surface area (Å²) in [7, 11) is 1.45. The Morgan fingerprint density at radius 2 is 2.04 bits per heavy atom. The van der Waals surface area contributed by atoms with Crippen LogP contribution in [0.15, 0.2) is 47.3 Å². The van der Waals surface area contributed by atoms with Gasteiger partial charge in [0.15, 0.2) is 0 Å². The lowest BCUT2D eigenvalue weighted by Crippen LogP contribution is -2.14. The minimum absolute atomic E-state index is 0.172. The van der Waals surface area contributed by atoms with Crippen molar-refractivity contribution in [2.45, 2.75) is 6.61 Å². The number of nitrogens with one attached hydrogen (secondary N) is 1. The number of nitrogens with zero attached hydrogens (tertiary/aromatic N) is 1. The fourth-order valence-electron chi connectivity index (χ4n) is 2.25. The Bertz CT molecular complexity index is 968. The van der Waals surface area contributed by atoms with Crippen molar-refractivity contribution in [3.05, 3.63) is 69.2 Å². The van der Waals surface area contributed by atoms with Crippen molar-refractivity contribution in [2.24, 2.45) is 0 Å². The highest BCUT2D eigenvalue weighted by Gasteiger charge is 2.15. The molecule has 24 heavy (non-hydrogen) atoms. The lowest BCUT2D eigenvalue weighted by molar-refractivity contribution is 0.0458. The van der Waals surface area contributed by atoms with Crippen molar-refractivity contribution in [3.63, 3.8) is 0 Å². The number of carbonyl (C=O) groups is 1. The second-order valence-corrected chi connectivity index (χ2v) is 5.39. The van der Waals surface area contributed by atoms with Crippen LogP contribution in [0.1, 0.15) is 16.2 Å². The Kier molecular flexibility index (Phi) is 4.48. The summed E-state index contributed by atoms with van der Waals surface area (Å²) in [6.45, 7) is -0.172. The largest absolute Gasteiger partial charge is 0.496 e. The molecule has 0 aliphatic heterocycles. The molecular formula is C17H13ClN2O4. The van der Waals surface area contributed by atoms with Crippen LogP contribution in [0.2, 0.25) is 5.02 Å². The van der Waals surface area contributed by atoms with Gasteiger partial charge in [-0.3, -0.25) is 4.79 Å². The lowest BCUT2D eigenvalue weighted by Gasteiger charge is -2.09. The number of carbonyl (C=O) groups excluding carboxylic acids is 1. The molecule has 0 amide bonds. The summed E-state index contributed by atoms with van der Waals surface area (Å²) in [6.07, 6.45) is 0. The first kappa shape index (κ1) is 16.0. The maximum Gasteiger partial charge on any atom is 0.342 e. The van der Waals surface area contributed by atoms with E-state index in [2.05, 4.69) is 9.97 Å². The average molecular weight is 345 g/mol. The molecular weight excluding hydrogens is 332 g/mol. The second kappa shape index (κ2) is 6.72. The monoisotopic (exact) mass is 344 g/mol. The van der Waals surface area contributed by atoms with Gasteiger partial charge in [0.2, 0.25) is 0 Å². The van der Waals surface area contributed by atoms with Crippen molar-refractivity contribution in [1.29, 1.82) is 0 Å². The molecule has 1 heterocycles. The molecule has 0 aliphatic rings. The summed E-state index contributed by atoms with van der Waals surface area (Å²) in [6, 6.07) is 11.6. The summed E-state index contributed by atoms with van der Waals surface area (Å²) in [5.74, 6) is -0.0115. The number of H-pyrrole nitrogens is 1. The topological polar surface area (TPSA) is 81.3 Å². The molecule has 1 N–H and O–H groups in total. The van der Waals surface area contributed by atoms with E-state index >= 15 is 0 Å². The number of ether oxygens (including phenoxy) is 2. The van der Waals surface area contributed by atoms with Crippen LogP contribution < -0.4 is 10.3 Å². The van der Waals surface area contributed by atoms with Gasteiger partial charge >= 0.3 is 5.97 Å². The number of halogens is 1. The van der Waals surface area contributed by atoms with E-state index in [1.54, 1.807) is 36.4 Å². The van der Waals surface area contributed by atoms with E-state index in [-0.39, 0.29) is 23.6 Å². The number of fused-ring (bicyclic) bond motifs is 1. The molecule has 3 aromatic rings.